The maximum absolute atomic E-state index is 12.5. The Balaban J connectivity index is 1.58. The van der Waals surface area contributed by atoms with Crippen molar-refractivity contribution < 1.29 is 4.79 Å². The normalized spacial score (nSPS) is 28.7. The van der Waals surface area contributed by atoms with Crippen LogP contribution in [0.1, 0.15) is 24.3 Å². The van der Waals surface area contributed by atoms with Crippen LogP contribution >= 0.6 is 15.9 Å². The smallest absolute Gasteiger partial charge is 0.226 e. The van der Waals surface area contributed by atoms with Gasteiger partial charge in [-0.15, -0.1) is 0 Å². The Morgan fingerprint density at radius 2 is 2.35 bits per heavy atom. The van der Waals surface area contributed by atoms with E-state index in [0.717, 1.165) is 36.9 Å². The van der Waals surface area contributed by atoms with Crippen LogP contribution in [0.25, 0.3) is 0 Å². The zero-order valence-corrected chi connectivity index (χ0v) is 13.4. The number of nitrogens with one attached hydrogen (secondary N) is 1. The van der Waals surface area contributed by atoms with Gasteiger partial charge in [-0.25, -0.2) is 0 Å². The van der Waals surface area contributed by atoms with E-state index in [4.69, 9.17) is 0 Å². The third-order valence-electron chi connectivity index (χ3n) is 4.47. The van der Waals surface area contributed by atoms with Crippen LogP contribution < -0.4 is 5.32 Å². The van der Waals surface area contributed by atoms with Gasteiger partial charge < -0.3 is 10.2 Å². The van der Waals surface area contributed by atoms with Crippen molar-refractivity contribution in [3.05, 3.63) is 34.3 Å². The second kappa shape index (κ2) is 5.86. The van der Waals surface area contributed by atoms with Gasteiger partial charge >= 0.3 is 0 Å². The van der Waals surface area contributed by atoms with Crippen LogP contribution in [0.4, 0.5) is 0 Å². The summed E-state index contributed by atoms with van der Waals surface area (Å²) in [6, 6.07) is 8.37. The van der Waals surface area contributed by atoms with Crippen molar-refractivity contribution in [1.29, 1.82) is 0 Å². The number of hydrogen-bond acceptors (Lipinski definition) is 2. The summed E-state index contributed by atoms with van der Waals surface area (Å²) >= 11 is 3.50. The van der Waals surface area contributed by atoms with Crippen LogP contribution in [0.2, 0.25) is 0 Å². The molecule has 2 fully saturated rings. The highest BCUT2D eigenvalue weighted by Crippen LogP contribution is 2.49. The first kappa shape index (κ1) is 14.1. The van der Waals surface area contributed by atoms with E-state index < -0.39 is 0 Å². The highest BCUT2D eigenvalue weighted by Gasteiger charge is 2.46. The van der Waals surface area contributed by atoms with Gasteiger partial charge in [-0.2, -0.15) is 0 Å². The lowest BCUT2D eigenvalue weighted by Gasteiger charge is -2.16. The van der Waals surface area contributed by atoms with Crippen LogP contribution in [0.15, 0.2) is 28.7 Å². The molecule has 0 aromatic heterocycles. The Labute approximate surface area is 128 Å². The molecule has 3 atom stereocenters. The lowest BCUT2D eigenvalue weighted by molar-refractivity contribution is -0.131. The highest BCUT2D eigenvalue weighted by molar-refractivity contribution is 9.10. The lowest BCUT2D eigenvalue weighted by atomic mass is 10.1. The summed E-state index contributed by atoms with van der Waals surface area (Å²) in [5.74, 6) is 1.65. The van der Waals surface area contributed by atoms with Crippen molar-refractivity contribution in [1.82, 2.24) is 10.2 Å². The Hall–Kier alpha value is -0.870. The van der Waals surface area contributed by atoms with Crippen molar-refractivity contribution in [3.8, 4) is 0 Å². The van der Waals surface area contributed by atoms with E-state index in [1.54, 1.807) is 0 Å². The molecule has 1 aromatic carbocycles. The number of benzene rings is 1. The molecule has 1 saturated carbocycles. The van der Waals surface area contributed by atoms with Gasteiger partial charge in [0.15, 0.2) is 0 Å². The molecule has 3 nitrogen and oxygen atoms in total. The van der Waals surface area contributed by atoms with Crippen LogP contribution in [0, 0.1) is 11.8 Å². The highest BCUT2D eigenvalue weighted by atomic mass is 79.9. The summed E-state index contributed by atoms with van der Waals surface area (Å²) in [5.41, 5.74) is 1.30. The minimum absolute atomic E-state index is 0.220. The largest absolute Gasteiger partial charge is 0.342 e. The molecule has 1 heterocycles. The number of halogens is 1. The molecule has 2 aliphatic rings. The predicted molar refractivity (Wildman–Crippen MR) is 83.6 cm³/mol. The van der Waals surface area contributed by atoms with Crippen molar-refractivity contribution in [2.75, 3.05) is 26.7 Å². The van der Waals surface area contributed by atoms with E-state index in [9.17, 15) is 4.79 Å². The molecule has 1 amide bonds. The second-order valence-electron chi connectivity index (χ2n) is 6.00. The van der Waals surface area contributed by atoms with E-state index in [2.05, 4.69) is 44.3 Å². The molecule has 1 aliphatic heterocycles. The summed E-state index contributed by atoms with van der Waals surface area (Å²) in [5, 5.41) is 3.21. The van der Waals surface area contributed by atoms with E-state index in [0.29, 0.717) is 17.7 Å². The quantitative estimate of drug-likeness (QED) is 0.916. The molecule has 1 N–H and O–H groups in total. The van der Waals surface area contributed by atoms with Gasteiger partial charge in [-0.1, -0.05) is 28.1 Å². The molecule has 0 unspecified atom stereocenters. The van der Waals surface area contributed by atoms with Gasteiger partial charge in [-0.3, -0.25) is 4.79 Å². The van der Waals surface area contributed by atoms with E-state index in [1.165, 1.54) is 5.56 Å². The third kappa shape index (κ3) is 2.91. The fourth-order valence-corrected chi connectivity index (χ4v) is 3.71. The molecule has 1 saturated heterocycles. The van der Waals surface area contributed by atoms with Crippen LogP contribution in [0.3, 0.4) is 0 Å². The first-order valence-corrected chi connectivity index (χ1v) is 8.17. The Morgan fingerprint density at radius 1 is 1.50 bits per heavy atom. The maximum atomic E-state index is 12.5. The number of carbonyl (C=O) groups is 1. The molecule has 108 valence electrons. The fourth-order valence-electron chi connectivity index (χ4n) is 3.30. The summed E-state index contributed by atoms with van der Waals surface area (Å²) in [6.07, 6.45) is 2.16. The molecular weight excluding hydrogens is 316 g/mol. The van der Waals surface area contributed by atoms with Crippen LogP contribution in [0.5, 0.6) is 0 Å². The van der Waals surface area contributed by atoms with Crippen molar-refractivity contribution in [3.63, 3.8) is 0 Å². The van der Waals surface area contributed by atoms with Crippen LogP contribution in [-0.2, 0) is 4.79 Å². The average molecular weight is 337 g/mol. The minimum Gasteiger partial charge on any atom is -0.342 e. The number of nitrogens with zero attached hydrogens (tertiary/aromatic N) is 1. The second-order valence-corrected chi connectivity index (χ2v) is 6.92. The monoisotopic (exact) mass is 336 g/mol. The first-order chi connectivity index (χ1) is 9.69. The maximum Gasteiger partial charge on any atom is 0.226 e. The molecular formula is C16H21BrN2O. The molecule has 20 heavy (non-hydrogen) atoms. The fraction of sp³-hybridized carbons (Fsp3) is 0.562. The standard InChI is InChI=1S/C16H21BrN2O/c1-18-9-11-5-6-19(10-11)16(20)15-8-14(15)12-3-2-4-13(17)7-12/h2-4,7,11,14-15,18H,5-6,8-10H2,1H3/t11-,14+,15+/m0/s1. The topological polar surface area (TPSA) is 32.3 Å². The number of hydrogen-bond donors (Lipinski definition) is 1. The first-order valence-electron chi connectivity index (χ1n) is 7.38. The van der Waals surface area contributed by atoms with Gasteiger partial charge in [0.05, 0.1) is 0 Å². The van der Waals surface area contributed by atoms with Gasteiger partial charge in [0.1, 0.15) is 0 Å². The van der Waals surface area contributed by atoms with Crippen molar-refractivity contribution in [2.45, 2.75) is 18.8 Å². The summed E-state index contributed by atoms with van der Waals surface area (Å²) in [6.45, 7) is 2.89. The Bertz CT molecular complexity index is 505. The number of likely N-dealkylation sites (tertiary alicyclic amines) is 1. The predicted octanol–water partition coefficient (Wildman–Crippen LogP) is 2.62. The molecule has 0 radical (unpaired) electrons. The van der Waals surface area contributed by atoms with E-state index in [-0.39, 0.29) is 5.92 Å². The molecule has 4 heteroatoms. The lowest BCUT2D eigenvalue weighted by Crippen LogP contribution is -2.31. The average Bonchev–Trinajstić information content (AvgIpc) is 3.11. The number of amides is 1. The third-order valence-corrected chi connectivity index (χ3v) is 4.97. The van der Waals surface area contributed by atoms with Crippen LogP contribution in [-0.4, -0.2) is 37.5 Å². The van der Waals surface area contributed by atoms with Gasteiger partial charge in [0.25, 0.3) is 0 Å². The Morgan fingerprint density at radius 3 is 3.10 bits per heavy atom. The zero-order chi connectivity index (χ0) is 14.1. The number of rotatable bonds is 4. The van der Waals surface area contributed by atoms with Crippen molar-refractivity contribution >= 4 is 21.8 Å². The molecule has 1 aliphatic carbocycles. The molecule has 0 bridgehead atoms. The van der Waals surface area contributed by atoms with Gasteiger partial charge in [0.2, 0.25) is 5.91 Å². The SMILES string of the molecule is CNC[C@@H]1CCN(C(=O)[C@@H]2C[C@@H]2c2cccc(Br)c2)C1. The summed E-state index contributed by atoms with van der Waals surface area (Å²) < 4.78 is 1.10. The summed E-state index contributed by atoms with van der Waals surface area (Å²) in [4.78, 5) is 14.6. The molecule has 3 rings (SSSR count). The molecule has 1 aromatic rings. The van der Waals surface area contributed by atoms with E-state index in [1.807, 2.05) is 13.1 Å². The minimum atomic E-state index is 0.220. The molecule has 0 spiro atoms. The summed E-state index contributed by atoms with van der Waals surface area (Å²) in [7, 11) is 1.98. The number of carbonyl (C=O) groups excluding carboxylic acids is 1. The van der Waals surface area contributed by atoms with Gasteiger partial charge in [0, 0.05) is 23.5 Å². The van der Waals surface area contributed by atoms with E-state index >= 15 is 0 Å². The Kier molecular flexibility index (Phi) is 4.13. The van der Waals surface area contributed by atoms with Crippen molar-refractivity contribution in [2.24, 2.45) is 11.8 Å². The zero-order valence-electron chi connectivity index (χ0n) is 11.8. The van der Waals surface area contributed by atoms with Gasteiger partial charge in [-0.05, 0) is 56.0 Å².